The van der Waals surface area contributed by atoms with E-state index >= 15 is 0 Å². The quantitative estimate of drug-likeness (QED) is 0.480. The number of benzene rings is 2. The molecule has 2 aromatic carbocycles. The molecule has 0 spiro atoms. The van der Waals surface area contributed by atoms with Crippen molar-refractivity contribution in [2.75, 3.05) is 0 Å². The van der Waals surface area contributed by atoms with E-state index in [4.69, 9.17) is 32.4 Å². The van der Waals surface area contributed by atoms with E-state index in [1.807, 2.05) is 6.07 Å². The van der Waals surface area contributed by atoms with Gasteiger partial charge in [0, 0.05) is 15.8 Å². The van der Waals surface area contributed by atoms with Crippen LogP contribution >= 0.6 is 35.0 Å². The van der Waals surface area contributed by atoms with E-state index in [9.17, 15) is 4.39 Å². The molecule has 0 aliphatic rings. The van der Waals surface area contributed by atoms with Crippen LogP contribution in [0, 0.1) is 5.82 Å². The SMILES string of the molecule is C[C@H](Oc1ccc(F)cc1)c1nnc(SCc2ccc(Cl)cc2Cl)o1. The van der Waals surface area contributed by atoms with Gasteiger partial charge in [-0.15, -0.1) is 10.2 Å². The molecule has 0 fully saturated rings. The van der Waals surface area contributed by atoms with Crippen molar-refractivity contribution in [2.24, 2.45) is 0 Å². The van der Waals surface area contributed by atoms with Gasteiger partial charge < -0.3 is 9.15 Å². The molecule has 0 amide bonds. The zero-order valence-electron chi connectivity index (χ0n) is 13.1. The van der Waals surface area contributed by atoms with Gasteiger partial charge in [0.05, 0.1) is 0 Å². The lowest BCUT2D eigenvalue weighted by molar-refractivity contribution is 0.181. The van der Waals surface area contributed by atoms with Crippen molar-refractivity contribution in [1.82, 2.24) is 10.2 Å². The topological polar surface area (TPSA) is 48.2 Å². The molecule has 3 aromatic rings. The maximum absolute atomic E-state index is 12.9. The van der Waals surface area contributed by atoms with Gasteiger partial charge >= 0.3 is 0 Å². The predicted molar refractivity (Wildman–Crippen MR) is 95.8 cm³/mol. The van der Waals surface area contributed by atoms with Crippen LogP contribution in [0.4, 0.5) is 4.39 Å². The fourth-order valence-electron chi connectivity index (χ4n) is 1.99. The fraction of sp³-hybridized carbons (Fsp3) is 0.176. The molecule has 0 bridgehead atoms. The van der Waals surface area contributed by atoms with E-state index in [0.29, 0.717) is 32.7 Å². The third kappa shape index (κ3) is 4.87. The maximum atomic E-state index is 12.9. The molecule has 8 heteroatoms. The normalized spacial score (nSPS) is 12.2. The summed E-state index contributed by atoms with van der Waals surface area (Å²) < 4.78 is 24.2. The van der Waals surface area contributed by atoms with Crippen molar-refractivity contribution < 1.29 is 13.5 Å². The zero-order valence-corrected chi connectivity index (χ0v) is 15.4. The molecule has 4 nitrogen and oxygen atoms in total. The van der Waals surface area contributed by atoms with E-state index < -0.39 is 6.10 Å². The Morgan fingerprint density at radius 3 is 2.64 bits per heavy atom. The number of hydrogen-bond donors (Lipinski definition) is 0. The second-order valence-electron chi connectivity index (χ2n) is 5.14. The van der Waals surface area contributed by atoms with Crippen LogP contribution in [-0.2, 0) is 5.75 Å². The molecule has 0 unspecified atom stereocenters. The van der Waals surface area contributed by atoms with Crippen LogP contribution < -0.4 is 4.74 Å². The van der Waals surface area contributed by atoms with Gasteiger partial charge in [0.2, 0.25) is 0 Å². The molecule has 0 aliphatic heterocycles. The van der Waals surface area contributed by atoms with Crippen LogP contribution in [0.3, 0.4) is 0 Å². The van der Waals surface area contributed by atoms with Crippen molar-refractivity contribution in [3.63, 3.8) is 0 Å². The van der Waals surface area contributed by atoms with Gasteiger partial charge in [0.1, 0.15) is 11.6 Å². The Morgan fingerprint density at radius 2 is 1.92 bits per heavy atom. The summed E-state index contributed by atoms with van der Waals surface area (Å²) in [6.45, 7) is 1.78. The van der Waals surface area contributed by atoms with E-state index in [1.54, 1.807) is 31.2 Å². The minimum Gasteiger partial charge on any atom is -0.481 e. The van der Waals surface area contributed by atoms with Crippen molar-refractivity contribution in [3.8, 4) is 5.75 Å². The second kappa shape index (κ2) is 8.08. The van der Waals surface area contributed by atoms with Crippen molar-refractivity contribution >= 4 is 35.0 Å². The summed E-state index contributed by atoms with van der Waals surface area (Å²) in [5.41, 5.74) is 0.923. The summed E-state index contributed by atoms with van der Waals surface area (Å²) in [5, 5.41) is 9.57. The minimum absolute atomic E-state index is 0.322. The highest BCUT2D eigenvalue weighted by atomic mass is 35.5. The highest BCUT2D eigenvalue weighted by molar-refractivity contribution is 7.98. The van der Waals surface area contributed by atoms with Crippen LogP contribution in [0.2, 0.25) is 10.0 Å². The number of rotatable bonds is 6. The number of hydrogen-bond acceptors (Lipinski definition) is 5. The molecule has 1 aromatic heterocycles. The number of thioether (sulfide) groups is 1. The van der Waals surface area contributed by atoms with Gasteiger partial charge in [-0.2, -0.15) is 0 Å². The van der Waals surface area contributed by atoms with E-state index in [0.717, 1.165) is 5.56 Å². The highest BCUT2D eigenvalue weighted by Crippen LogP contribution is 2.29. The fourth-order valence-corrected chi connectivity index (χ4v) is 3.32. The average Bonchev–Trinajstić information content (AvgIpc) is 3.05. The molecule has 1 heterocycles. The van der Waals surface area contributed by atoms with Crippen molar-refractivity contribution in [2.45, 2.75) is 24.0 Å². The summed E-state index contributed by atoms with van der Waals surface area (Å²) in [6.07, 6.45) is -0.452. The summed E-state index contributed by atoms with van der Waals surface area (Å²) in [4.78, 5) is 0. The predicted octanol–water partition coefficient (Wildman–Crippen LogP) is 5.95. The Labute approximate surface area is 158 Å². The van der Waals surface area contributed by atoms with E-state index in [-0.39, 0.29) is 5.82 Å². The first-order valence-electron chi connectivity index (χ1n) is 7.33. The summed E-state index contributed by atoms with van der Waals surface area (Å²) in [5.74, 6) is 1.12. The first-order chi connectivity index (χ1) is 12.0. The van der Waals surface area contributed by atoms with Crippen molar-refractivity contribution in [1.29, 1.82) is 0 Å². The lowest BCUT2D eigenvalue weighted by atomic mass is 10.2. The van der Waals surface area contributed by atoms with Crippen molar-refractivity contribution in [3.05, 3.63) is 69.8 Å². The number of aromatic nitrogens is 2. The smallest absolute Gasteiger partial charge is 0.277 e. The monoisotopic (exact) mass is 398 g/mol. The molecule has 25 heavy (non-hydrogen) atoms. The van der Waals surface area contributed by atoms with Gasteiger partial charge in [0.25, 0.3) is 11.1 Å². The Bertz CT molecular complexity index is 858. The summed E-state index contributed by atoms with van der Waals surface area (Å²) in [6, 6.07) is 11.1. The van der Waals surface area contributed by atoms with E-state index in [2.05, 4.69) is 10.2 Å². The molecule has 0 aliphatic carbocycles. The molecule has 0 saturated heterocycles. The largest absolute Gasteiger partial charge is 0.481 e. The third-order valence-electron chi connectivity index (χ3n) is 3.26. The van der Waals surface area contributed by atoms with Crippen LogP contribution in [0.1, 0.15) is 24.5 Å². The lowest BCUT2D eigenvalue weighted by Crippen LogP contribution is -2.03. The van der Waals surface area contributed by atoms with Gasteiger partial charge in [-0.05, 0) is 48.9 Å². The first-order valence-corrected chi connectivity index (χ1v) is 9.08. The summed E-state index contributed by atoms with van der Waals surface area (Å²) >= 11 is 13.4. The maximum Gasteiger partial charge on any atom is 0.277 e. The average molecular weight is 399 g/mol. The Morgan fingerprint density at radius 1 is 1.16 bits per heavy atom. The second-order valence-corrected chi connectivity index (χ2v) is 6.91. The van der Waals surface area contributed by atoms with Crippen LogP contribution in [0.15, 0.2) is 52.1 Å². The van der Waals surface area contributed by atoms with Gasteiger partial charge in [0.15, 0.2) is 6.10 Å². The van der Waals surface area contributed by atoms with Crippen LogP contribution in [0.5, 0.6) is 5.75 Å². The highest BCUT2D eigenvalue weighted by Gasteiger charge is 2.16. The van der Waals surface area contributed by atoms with Crippen LogP contribution in [-0.4, -0.2) is 10.2 Å². The van der Waals surface area contributed by atoms with Gasteiger partial charge in [-0.3, -0.25) is 0 Å². The molecule has 0 saturated carbocycles. The summed E-state index contributed by atoms with van der Waals surface area (Å²) in [7, 11) is 0. The Kier molecular flexibility index (Phi) is 5.83. The van der Waals surface area contributed by atoms with E-state index in [1.165, 1.54) is 23.9 Å². The first kappa shape index (κ1) is 18.0. The number of nitrogens with zero attached hydrogens (tertiary/aromatic N) is 2. The standard InChI is InChI=1S/C17H13Cl2FN2O2S/c1-10(23-14-6-4-13(20)5-7-14)16-21-22-17(24-16)25-9-11-2-3-12(18)8-15(11)19/h2-8,10H,9H2,1H3/t10-/m0/s1. The molecule has 0 radical (unpaired) electrons. The van der Waals surface area contributed by atoms with Crippen LogP contribution in [0.25, 0.3) is 0 Å². The molecule has 1 atom stereocenters. The molecule has 3 rings (SSSR count). The number of halogens is 3. The molecular formula is C17H13Cl2FN2O2S. The number of ether oxygens (including phenoxy) is 1. The molecular weight excluding hydrogens is 386 g/mol. The molecule has 0 N–H and O–H groups in total. The molecule has 130 valence electrons. The lowest BCUT2D eigenvalue weighted by Gasteiger charge is -2.10. The Hall–Kier alpha value is -1.76. The zero-order chi connectivity index (χ0) is 17.8. The Balaban J connectivity index is 1.60. The minimum atomic E-state index is -0.452. The van der Waals surface area contributed by atoms with Gasteiger partial charge in [-0.25, -0.2) is 4.39 Å². The van der Waals surface area contributed by atoms with Gasteiger partial charge in [-0.1, -0.05) is 41.0 Å². The third-order valence-corrected chi connectivity index (χ3v) is 4.72.